The van der Waals surface area contributed by atoms with E-state index in [1.165, 1.54) is 5.56 Å². The SMILES string of the molecule is Cc1nc2ccc(CCN(C)CCCN)cc2o1. The first-order valence-corrected chi connectivity index (χ1v) is 6.43. The standard InChI is InChI=1S/C14H21N3O/c1-11-16-13-5-4-12(10-14(13)18-11)6-9-17(2)8-3-7-15/h4-5,10H,3,6-9,15H2,1-2H3. The van der Waals surface area contributed by atoms with Gasteiger partial charge in [0.2, 0.25) is 0 Å². The van der Waals surface area contributed by atoms with Crippen LogP contribution in [0.4, 0.5) is 0 Å². The molecule has 18 heavy (non-hydrogen) atoms. The van der Waals surface area contributed by atoms with Crippen molar-refractivity contribution in [3.8, 4) is 0 Å². The van der Waals surface area contributed by atoms with Gasteiger partial charge in [0, 0.05) is 13.5 Å². The third-order valence-electron chi connectivity index (χ3n) is 3.09. The van der Waals surface area contributed by atoms with Gasteiger partial charge in [-0.1, -0.05) is 6.07 Å². The summed E-state index contributed by atoms with van der Waals surface area (Å²) in [4.78, 5) is 6.61. The summed E-state index contributed by atoms with van der Waals surface area (Å²) in [6.45, 7) is 4.73. The van der Waals surface area contributed by atoms with Gasteiger partial charge in [0.25, 0.3) is 0 Å². The second kappa shape index (κ2) is 5.98. The van der Waals surface area contributed by atoms with Gasteiger partial charge in [0.05, 0.1) is 0 Å². The van der Waals surface area contributed by atoms with Crippen molar-refractivity contribution in [3.05, 3.63) is 29.7 Å². The fourth-order valence-electron chi connectivity index (χ4n) is 2.03. The van der Waals surface area contributed by atoms with Crippen LogP contribution in [0.5, 0.6) is 0 Å². The van der Waals surface area contributed by atoms with Gasteiger partial charge in [0.1, 0.15) is 5.52 Å². The molecule has 1 aromatic heterocycles. The maximum Gasteiger partial charge on any atom is 0.192 e. The van der Waals surface area contributed by atoms with Gasteiger partial charge in [-0.05, 0) is 50.7 Å². The Labute approximate surface area is 108 Å². The molecule has 0 aliphatic rings. The molecule has 2 aromatic rings. The first-order chi connectivity index (χ1) is 8.69. The Hall–Kier alpha value is -1.39. The summed E-state index contributed by atoms with van der Waals surface area (Å²) < 4.78 is 5.54. The fourth-order valence-corrected chi connectivity index (χ4v) is 2.03. The minimum absolute atomic E-state index is 0.724. The lowest BCUT2D eigenvalue weighted by molar-refractivity contribution is 0.335. The minimum Gasteiger partial charge on any atom is -0.441 e. The zero-order valence-electron chi connectivity index (χ0n) is 11.1. The van der Waals surface area contributed by atoms with Crippen molar-refractivity contribution in [2.75, 3.05) is 26.7 Å². The van der Waals surface area contributed by atoms with E-state index in [2.05, 4.69) is 29.1 Å². The number of aryl methyl sites for hydroxylation is 1. The zero-order chi connectivity index (χ0) is 13.0. The van der Waals surface area contributed by atoms with E-state index in [0.29, 0.717) is 0 Å². The molecule has 0 amide bonds. The van der Waals surface area contributed by atoms with Crippen LogP contribution in [0.3, 0.4) is 0 Å². The maximum atomic E-state index is 5.54. The Balaban J connectivity index is 1.95. The Morgan fingerprint density at radius 2 is 2.17 bits per heavy atom. The van der Waals surface area contributed by atoms with Gasteiger partial charge in [-0.25, -0.2) is 4.98 Å². The lowest BCUT2D eigenvalue weighted by Crippen LogP contribution is -2.24. The third-order valence-corrected chi connectivity index (χ3v) is 3.09. The quantitative estimate of drug-likeness (QED) is 0.847. The molecule has 0 radical (unpaired) electrons. The lowest BCUT2D eigenvalue weighted by atomic mass is 10.1. The van der Waals surface area contributed by atoms with Crippen LogP contribution in [0.25, 0.3) is 11.1 Å². The summed E-state index contributed by atoms with van der Waals surface area (Å²) in [6, 6.07) is 6.24. The molecule has 0 bridgehead atoms. The fraction of sp³-hybridized carbons (Fsp3) is 0.500. The Kier molecular flexibility index (Phi) is 4.33. The minimum atomic E-state index is 0.724. The molecule has 4 heteroatoms. The number of nitrogens with zero attached hydrogens (tertiary/aromatic N) is 2. The van der Waals surface area contributed by atoms with Crippen LogP contribution in [-0.2, 0) is 6.42 Å². The molecule has 1 aromatic carbocycles. The summed E-state index contributed by atoms with van der Waals surface area (Å²) in [5.74, 6) is 0.724. The third kappa shape index (κ3) is 3.31. The van der Waals surface area contributed by atoms with Crippen molar-refractivity contribution in [1.82, 2.24) is 9.88 Å². The van der Waals surface area contributed by atoms with E-state index < -0.39 is 0 Å². The molecule has 0 unspecified atom stereocenters. The van der Waals surface area contributed by atoms with Gasteiger partial charge >= 0.3 is 0 Å². The number of aromatic nitrogens is 1. The van der Waals surface area contributed by atoms with Crippen molar-refractivity contribution in [1.29, 1.82) is 0 Å². The highest BCUT2D eigenvalue weighted by Gasteiger charge is 2.04. The molecule has 2 rings (SSSR count). The summed E-state index contributed by atoms with van der Waals surface area (Å²) in [5.41, 5.74) is 8.61. The van der Waals surface area contributed by atoms with E-state index in [1.54, 1.807) is 0 Å². The normalized spacial score (nSPS) is 11.6. The zero-order valence-corrected chi connectivity index (χ0v) is 11.1. The van der Waals surface area contributed by atoms with Crippen LogP contribution >= 0.6 is 0 Å². The number of hydrogen-bond acceptors (Lipinski definition) is 4. The molecule has 1 heterocycles. The van der Waals surface area contributed by atoms with E-state index in [9.17, 15) is 0 Å². The monoisotopic (exact) mass is 247 g/mol. The van der Waals surface area contributed by atoms with Crippen LogP contribution in [0.1, 0.15) is 17.9 Å². The topological polar surface area (TPSA) is 55.3 Å². The highest BCUT2D eigenvalue weighted by atomic mass is 16.3. The molecule has 0 saturated carbocycles. The van der Waals surface area contributed by atoms with Gasteiger partial charge in [-0.3, -0.25) is 0 Å². The second-order valence-corrected chi connectivity index (χ2v) is 4.73. The number of likely N-dealkylation sites (N-methyl/N-ethyl adjacent to an activating group) is 1. The molecule has 98 valence electrons. The molecule has 2 N–H and O–H groups in total. The summed E-state index contributed by atoms with van der Waals surface area (Å²) >= 11 is 0. The van der Waals surface area contributed by atoms with Gasteiger partial charge in [-0.2, -0.15) is 0 Å². The molecular formula is C14H21N3O. The molecule has 0 aliphatic carbocycles. The Morgan fingerprint density at radius 1 is 1.33 bits per heavy atom. The van der Waals surface area contributed by atoms with E-state index in [-0.39, 0.29) is 0 Å². The number of benzene rings is 1. The number of hydrogen-bond donors (Lipinski definition) is 1. The summed E-state index contributed by atoms with van der Waals surface area (Å²) in [5, 5.41) is 0. The average molecular weight is 247 g/mol. The first kappa shape index (κ1) is 13.1. The van der Waals surface area contributed by atoms with Crippen LogP contribution in [0, 0.1) is 6.92 Å². The average Bonchev–Trinajstić information content (AvgIpc) is 2.73. The number of nitrogens with two attached hydrogens (primary N) is 1. The van der Waals surface area contributed by atoms with Crippen molar-refractivity contribution in [3.63, 3.8) is 0 Å². The molecular weight excluding hydrogens is 226 g/mol. The largest absolute Gasteiger partial charge is 0.441 e. The van der Waals surface area contributed by atoms with Crippen molar-refractivity contribution < 1.29 is 4.42 Å². The van der Waals surface area contributed by atoms with E-state index in [4.69, 9.17) is 10.2 Å². The van der Waals surface area contributed by atoms with Crippen molar-refractivity contribution in [2.45, 2.75) is 19.8 Å². The molecule has 0 aliphatic heterocycles. The molecule has 0 atom stereocenters. The van der Waals surface area contributed by atoms with Crippen molar-refractivity contribution in [2.24, 2.45) is 5.73 Å². The van der Waals surface area contributed by atoms with E-state index >= 15 is 0 Å². The van der Waals surface area contributed by atoms with Crippen LogP contribution in [0.2, 0.25) is 0 Å². The predicted octanol–water partition coefficient (Wildman–Crippen LogP) is 1.96. The highest BCUT2D eigenvalue weighted by molar-refractivity contribution is 5.73. The Morgan fingerprint density at radius 3 is 2.94 bits per heavy atom. The number of oxazole rings is 1. The van der Waals surface area contributed by atoms with Crippen molar-refractivity contribution >= 4 is 11.1 Å². The number of rotatable bonds is 6. The molecule has 0 spiro atoms. The summed E-state index contributed by atoms with van der Waals surface area (Å²) in [6.07, 6.45) is 2.08. The lowest BCUT2D eigenvalue weighted by Gasteiger charge is -2.15. The van der Waals surface area contributed by atoms with Crippen LogP contribution in [-0.4, -0.2) is 36.6 Å². The number of fused-ring (bicyclic) bond motifs is 1. The first-order valence-electron chi connectivity index (χ1n) is 6.43. The maximum absolute atomic E-state index is 5.54. The molecule has 4 nitrogen and oxygen atoms in total. The summed E-state index contributed by atoms with van der Waals surface area (Å²) in [7, 11) is 2.13. The highest BCUT2D eigenvalue weighted by Crippen LogP contribution is 2.17. The Bertz CT molecular complexity index is 507. The van der Waals surface area contributed by atoms with E-state index in [0.717, 1.165) is 49.5 Å². The smallest absolute Gasteiger partial charge is 0.192 e. The van der Waals surface area contributed by atoms with Crippen LogP contribution < -0.4 is 5.73 Å². The van der Waals surface area contributed by atoms with Crippen LogP contribution in [0.15, 0.2) is 22.6 Å². The van der Waals surface area contributed by atoms with Gasteiger partial charge in [0.15, 0.2) is 11.5 Å². The second-order valence-electron chi connectivity index (χ2n) is 4.73. The van der Waals surface area contributed by atoms with E-state index in [1.807, 2.05) is 13.0 Å². The molecule has 0 fully saturated rings. The molecule has 0 saturated heterocycles. The van der Waals surface area contributed by atoms with Gasteiger partial charge in [-0.15, -0.1) is 0 Å². The van der Waals surface area contributed by atoms with Gasteiger partial charge < -0.3 is 15.1 Å². The predicted molar refractivity (Wildman–Crippen MR) is 73.6 cm³/mol.